The lowest BCUT2D eigenvalue weighted by Gasteiger charge is -2.10. The summed E-state index contributed by atoms with van der Waals surface area (Å²) in [5.41, 5.74) is 1.15. The van der Waals surface area contributed by atoms with Crippen LogP contribution in [-0.2, 0) is 16.6 Å². The van der Waals surface area contributed by atoms with Crippen LogP contribution >= 0.6 is 0 Å². The Bertz CT molecular complexity index is 1360. The number of carbonyl (C=O) groups excluding carboxylic acids is 1. The highest BCUT2D eigenvalue weighted by molar-refractivity contribution is 7.92. The largest absolute Gasteiger partial charge is 0.492 e. The topological polar surface area (TPSA) is 115 Å². The van der Waals surface area contributed by atoms with Gasteiger partial charge in [0.05, 0.1) is 11.4 Å². The van der Waals surface area contributed by atoms with Crippen LogP contribution < -0.4 is 14.8 Å². The Morgan fingerprint density at radius 3 is 2.47 bits per heavy atom. The van der Waals surface area contributed by atoms with Crippen molar-refractivity contribution in [3.8, 4) is 5.75 Å². The van der Waals surface area contributed by atoms with Gasteiger partial charge in [-0.1, -0.05) is 6.07 Å². The molecule has 1 heterocycles. The molecule has 34 heavy (non-hydrogen) atoms. The number of sulfonamides is 1. The van der Waals surface area contributed by atoms with Crippen LogP contribution in [0, 0.1) is 5.82 Å². The number of carbonyl (C=O) groups is 1. The van der Waals surface area contributed by atoms with E-state index in [0.717, 1.165) is 12.1 Å². The Morgan fingerprint density at radius 2 is 1.76 bits per heavy atom. The fourth-order valence-electron chi connectivity index (χ4n) is 2.99. The molecule has 0 fully saturated rings. The molecule has 1 amide bonds. The van der Waals surface area contributed by atoms with Gasteiger partial charge in [-0.15, -0.1) is 0 Å². The van der Waals surface area contributed by atoms with Crippen LogP contribution in [0.1, 0.15) is 10.4 Å². The highest BCUT2D eigenvalue weighted by atomic mass is 32.2. The first-order valence-corrected chi connectivity index (χ1v) is 11.6. The molecular formula is C23H20FN5O4S. The van der Waals surface area contributed by atoms with Crippen molar-refractivity contribution in [2.24, 2.45) is 0 Å². The van der Waals surface area contributed by atoms with Crippen LogP contribution in [0.25, 0.3) is 0 Å². The molecule has 11 heteroatoms. The summed E-state index contributed by atoms with van der Waals surface area (Å²) in [5.74, 6) is -0.311. The van der Waals surface area contributed by atoms with Crippen molar-refractivity contribution in [3.63, 3.8) is 0 Å². The summed E-state index contributed by atoms with van der Waals surface area (Å²) < 4.78 is 47.6. The van der Waals surface area contributed by atoms with Gasteiger partial charge in [0.1, 0.15) is 30.8 Å². The van der Waals surface area contributed by atoms with E-state index in [4.69, 9.17) is 4.74 Å². The van der Waals surface area contributed by atoms with Gasteiger partial charge in [-0.05, 0) is 60.7 Å². The summed E-state index contributed by atoms with van der Waals surface area (Å²) >= 11 is 0. The lowest BCUT2D eigenvalue weighted by atomic mass is 10.2. The van der Waals surface area contributed by atoms with Crippen molar-refractivity contribution in [1.82, 2.24) is 14.8 Å². The first-order valence-electron chi connectivity index (χ1n) is 10.1. The molecular weight excluding hydrogens is 461 g/mol. The van der Waals surface area contributed by atoms with Crippen molar-refractivity contribution in [1.29, 1.82) is 0 Å². The van der Waals surface area contributed by atoms with Gasteiger partial charge in [0.15, 0.2) is 0 Å². The summed E-state index contributed by atoms with van der Waals surface area (Å²) in [6, 6.07) is 17.4. The van der Waals surface area contributed by atoms with Crippen molar-refractivity contribution in [2.75, 3.05) is 16.6 Å². The molecule has 0 unspecified atom stereocenters. The van der Waals surface area contributed by atoms with E-state index in [1.54, 1.807) is 35.3 Å². The fraction of sp³-hybridized carbons (Fsp3) is 0.0870. The lowest BCUT2D eigenvalue weighted by molar-refractivity contribution is 0.102. The maximum absolute atomic E-state index is 13.0. The van der Waals surface area contributed by atoms with Crippen molar-refractivity contribution < 1.29 is 22.3 Å². The number of nitrogens with zero attached hydrogens (tertiary/aromatic N) is 3. The average Bonchev–Trinajstić information content (AvgIpc) is 3.33. The number of halogens is 1. The third kappa shape index (κ3) is 5.95. The Kier molecular flexibility index (Phi) is 6.83. The number of hydrogen-bond acceptors (Lipinski definition) is 6. The zero-order valence-electron chi connectivity index (χ0n) is 17.8. The number of anilines is 2. The standard InChI is InChI=1S/C23H20FN5O4S/c24-18-6-10-22(11-7-18)34(31,32)28-19-8-4-17(5-9-19)23(30)27-20-2-1-3-21(14-20)33-13-12-29-16-25-15-26-29/h1-11,14-16,28H,12-13H2,(H,27,30). The highest BCUT2D eigenvalue weighted by Crippen LogP contribution is 2.20. The predicted molar refractivity (Wildman–Crippen MR) is 124 cm³/mol. The lowest BCUT2D eigenvalue weighted by Crippen LogP contribution is -2.14. The molecule has 4 rings (SSSR count). The zero-order chi connectivity index (χ0) is 24.0. The molecule has 0 saturated heterocycles. The minimum atomic E-state index is -3.88. The summed E-state index contributed by atoms with van der Waals surface area (Å²) in [7, 11) is -3.88. The smallest absolute Gasteiger partial charge is 0.261 e. The molecule has 0 radical (unpaired) electrons. The maximum atomic E-state index is 13.0. The summed E-state index contributed by atoms with van der Waals surface area (Å²) in [6.07, 6.45) is 3.04. The summed E-state index contributed by atoms with van der Waals surface area (Å²) in [6.45, 7) is 0.921. The summed E-state index contributed by atoms with van der Waals surface area (Å²) in [5, 5.41) is 6.78. The second kappa shape index (κ2) is 10.1. The molecule has 174 valence electrons. The minimum Gasteiger partial charge on any atom is -0.492 e. The quantitative estimate of drug-likeness (QED) is 0.378. The molecule has 0 saturated carbocycles. The first kappa shape index (κ1) is 22.9. The third-order valence-electron chi connectivity index (χ3n) is 4.67. The number of ether oxygens (including phenoxy) is 1. The van der Waals surface area contributed by atoms with E-state index in [2.05, 4.69) is 20.1 Å². The molecule has 0 aliphatic heterocycles. The van der Waals surface area contributed by atoms with Crippen LogP contribution in [0.3, 0.4) is 0 Å². The van der Waals surface area contributed by atoms with Gasteiger partial charge in [0.2, 0.25) is 0 Å². The maximum Gasteiger partial charge on any atom is 0.261 e. The molecule has 0 spiro atoms. The third-order valence-corrected chi connectivity index (χ3v) is 6.07. The minimum absolute atomic E-state index is 0.0703. The van der Waals surface area contributed by atoms with Crippen molar-refractivity contribution in [3.05, 3.63) is 96.8 Å². The molecule has 0 aliphatic rings. The highest BCUT2D eigenvalue weighted by Gasteiger charge is 2.15. The number of benzene rings is 3. The van der Waals surface area contributed by atoms with Crippen LogP contribution in [0.4, 0.5) is 15.8 Å². The van der Waals surface area contributed by atoms with Gasteiger partial charge in [0.25, 0.3) is 15.9 Å². The number of rotatable bonds is 9. The molecule has 0 bridgehead atoms. The molecule has 0 aliphatic carbocycles. The monoisotopic (exact) mass is 481 g/mol. The van der Waals surface area contributed by atoms with E-state index in [0.29, 0.717) is 30.2 Å². The van der Waals surface area contributed by atoms with Gasteiger partial charge in [-0.25, -0.2) is 22.5 Å². The molecule has 1 aromatic heterocycles. The average molecular weight is 482 g/mol. The SMILES string of the molecule is O=C(Nc1cccc(OCCn2cncn2)c1)c1ccc(NS(=O)(=O)c2ccc(F)cc2)cc1. The van der Waals surface area contributed by atoms with Crippen molar-refractivity contribution >= 4 is 27.3 Å². The number of hydrogen-bond donors (Lipinski definition) is 2. The van der Waals surface area contributed by atoms with Crippen molar-refractivity contribution in [2.45, 2.75) is 11.4 Å². The van der Waals surface area contributed by atoms with Crippen LogP contribution in [0.15, 0.2) is 90.3 Å². The van der Waals surface area contributed by atoms with E-state index in [1.165, 1.54) is 42.7 Å². The molecule has 4 aromatic rings. The van der Waals surface area contributed by atoms with Crippen LogP contribution in [0.5, 0.6) is 5.75 Å². The number of amides is 1. The van der Waals surface area contributed by atoms with Gasteiger partial charge < -0.3 is 10.1 Å². The Hall–Kier alpha value is -4.25. The second-order valence-electron chi connectivity index (χ2n) is 7.13. The van der Waals surface area contributed by atoms with Crippen LogP contribution in [0.2, 0.25) is 0 Å². The Balaban J connectivity index is 1.35. The van der Waals surface area contributed by atoms with E-state index in [1.807, 2.05) is 0 Å². The van der Waals surface area contributed by atoms with Gasteiger partial charge >= 0.3 is 0 Å². The first-order chi connectivity index (χ1) is 16.4. The predicted octanol–water partition coefficient (Wildman–Crippen LogP) is 3.55. The molecule has 9 nitrogen and oxygen atoms in total. The van der Waals surface area contributed by atoms with Gasteiger partial charge in [0, 0.05) is 23.0 Å². The van der Waals surface area contributed by atoms with E-state index in [-0.39, 0.29) is 16.5 Å². The zero-order valence-corrected chi connectivity index (χ0v) is 18.6. The second-order valence-corrected chi connectivity index (χ2v) is 8.81. The van der Waals surface area contributed by atoms with Gasteiger partial charge in [-0.2, -0.15) is 5.10 Å². The Morgan fingerprint density at radius 1 is 1.00 bits per heavy atom. The number of aromatic nitrogens is 3. The van der Waals surface area contributed by atoms with Gasteiger partial charge in [-0.3, -0.25) is 9.52 Å². The fourth-order valence-corrected chi connectivity index (χ4v) is 4.05. The molecule has 0 atom stereocenters. The van der Waals surface area contributed by atoms with E-state index in [9.17, 15) is 17.6 Å². The van der Waals surface area contributed by atoms with E-state index < -0.39 is 15.8 Å². The Labute approximate surface area is 195 Å². The summed E-state index contributed by atoms with van der Waals surface area (Å²) in [4.78, 5) is 16.4. The van der Waals surface area contributed by atoms with Crippen LogP contribution in [-0.4, -0.2) is 35.7 Å². The normalized spacial score (nSPS) is 11.1. The molecule has 3 aromatic carbocycles. The number of nitrogens with one attached hydrogen (secondary N) is 2. The molecule has 2 N–H and O–H groups in total. The van der Waals surface area contributed by atoms with E-state index >= 15 is 0 Å².